The van der Waals surface area contributed by atoms with Crippen molar-refractivity contribution in [1.29, 1.82) is 0 Å². The number of hydrogen-bond donors (Lipinski definition) is 0. The first-order valence-electron chi connectivity index (χ1n) is 5.13. The van der Waals surface area contributed by atoms with Gasteiger partial charge in [-0.15, -0.1) is 5.01 Å². The summed E-state index contributed by atoms with van der Waals surface area (Å²) in [4.78, 5) is 11.7. The second kappa shape index (κ2) is 6.17. The highest BCUT2D eigenvalue weighted by Crippen LogP contribution is 2.34. The number of alkyl halides is 2. The van der Waals surface area contributed by atoms with Gasteiger partial charge < -0.3 is 0 Å². The van der Waals surface area contributed by atoms with Crippen LogP contribution >= 0.6 is 58.6 Å². The average Bonchev–Trinajstić information content (AvgIpc) is 2.60. The summed E-state index contributed by atoms with van der Waals surface area (Å²) in [5, 5.41) is 2.31. The van der Waals surface area contributed by atoms with E-state index < -0.39 is 17.2 Å². The Labute approximate surface area is 139 Å². The zero-order valence-electron chi connectivity index (χ0n) is 9.51. The number of carbonyl (C=O) groups excluding carboxylic acids is 1. The van der Waals surface area contributed by atoms with Crippen LogP contribution in [0.3, 0.4) is 0 Å². The van der Waals surface area contributed by atoms with E-state index in [4.69, 9.17) is 58.6 Å². The van der Waals surface area contributed by atoms with Gasteiger partial charge in [-0.1, -0.05) is 68.3 Å². The lowest BCUT2D eigenvalue weighted by atomic mass is 10.3. The summed E-state index contributed by atoms with van der Waals surface area (Å²) in [5.74, 6) is 0. The molecule has 1 aromatic carbocycles. The molecule has 0 bridgehead atoms. The summed E-state index contributed by atoms with van der Waals surface area (Å²) < 4.78 is 13.9. The van der Waals surface area contributed by atoms with E-state index in [2.05, 4.69) is 0 Å². The molecule has 1 atom stereocenters. The van der Waals surface area contributed by atoms with Crippen molar-refractivity contribution in [3.63, 3.8) is 0 Å². The van der Waals surface area contributed by atoms with Crippen molar-refractivity contribution < 1.29 is 9.28 Å². The maximum Gasteiger partial charge on any atom is 0.370 e. The maximum absolute atomic E-state index is 13.9. The quantitative estimate of drug-likeness (QED) is 0.338. The van der Waals surface area contributed by atoms with E-state index in [1.54, 1.807) is 0 Å². The standard InChI is InChI=1S/C10H6Cl4FN3OS/c11-5-1-6(12)3-7(2-5)16-8(4-20)17(9(13)14)18(15)10(16)19/h1-4,8-9H. The first-order valence-corrected chi connectivity index (χ1v) is 7.23. The van der Waals surface area contributed by atoms with Crippen LogP contribution in [0.1, 0.15) is 0 Å². The van der Waals surface area contributed by atoms with Crippen molar-refractivity contribution in [2.75, 3.05) is 4.90 Å². The molecule has 1 heterocycles. The summed E-state index contributed by atoms with van der Waals surface area (Å²) in [7, 11) is 0. The third kappa shape index (κ3) is 2.81. The molecule has 1 aromatic rings. The number of urea groups is 1. The van der Waals surface area contributed by atoms with E-state index in [0.29, 0.717) is 10.0 Å². The average molecular weight is 377 g/mol. The molecule has 0 aliphatic carbocycles. The highest BCUT2D eigenvalue weighted by atomic mass is 35.5. The van der Waals surface area contributed by atoms with Gasteiger partial charge in [0.05, 0.1) is 5.69 Å². The van der Waals surface area contributed by atoms with Gasteiger partial charge in [0.25, 0.3) is 0 Å². The Morgan fingerprint density at radius 2 is 1.80 bits per heavy atom. The van der Waals surface area contributed by atoms with Gasteiger partial charge in [-0.2, -0.15) is 0 Å². The third-order valence-electron chi connectivity index (χ3n) is 2.55. The Morgan fingerprint density at radius 3 is 2.25 bits per heavy atom. The Morgan fingerprint density at radius 1 is 1.25 bits per heavy atom. The highest BCUT2D eigenvalue weighted by molar-refractivity contribution is 7.79. The number of hydrazine groups is 1. The number of carbonyl (C=O) groups is 1. The van der Waals surface area contributed by atoms with Gasteiger partial charge in [0, 0.05) is 15.4 Å². The maximum atomic E-state index is 13.9. The first-order chi connectivity index (χ1) is 9.36. The summed E-state index contributed by atoms with van der Waals surface area (Å²) in [6, 6.07) is 3.38. The molecule has 0 N–H and O–H groups in total. The van der Waals surface area contributed by atoms with E-state index in [9.17, 15) is 9.28 Å². The summed E-state index contributed by atoms with van der Waals surface area (Å²) in [6.07, 6.45) is -0.975. The summed E-state index contributed by atoms with van der Waals surface area (Å²) in [6.45, 7) is 0. The molecule has 0 spiro atoms. The van der Waals surface area contributed by atoms with Crippen LogP contribution in [0.5, 0.6) is 0 Å². The molecule has 2 amide bonds. The minimum Gasteiger partial charge on any atom is -0.268 e. The molecule has 0 aromatic heterocycles. The van der Waals surface area contributed by atoms with E-state index in [1.807, 2.05) is 0 Å². The van der Waals surface area contributed by atoms with Crippen molar-refractivity contribution in [2.24, 2.45) is 0 Å². The van der Waals surface area contributed by atoms with Gasteiger partial charge in [0.1, 0.15) is 6.17 Å². The second-order valence-corrected chi connectivity index (χ2v) is 5.94. The zero-order chi connectivity index (χ0) is 15.0. The summed E-state index contributed by atoms with van der Waals surface area (Å²) >= 11 is 27.9. The number of hydrogen-bond acceptors (Lipinski definition) is 3. The predicted octanol–water partition coefficient (Wildman–Crippen LogP) is 4.42. The van der Waals surface area contributed by atoms with E-state index >= 15 is 0 Å². The van der Waals surface area contributed by atoms with Crippen LogP contribution in [0.15, 0.2) is 18.2 Å². The molecule has 108 valence electrons. The van der Waals surface area contributed by atoms with Crippen LogP contribution in [0, 0.1) is 0 Å². The minimum absolute atomic E-state index is 0.201. The fraction of sp³-hybridized carbons (Fsp3) is 0.200. The molecule has 2 rings (SSSR count). The summed E-state index contributed by atoms with van der Waals surface area (Å²) in [5.41, 5.74) is 0.276. The molecule has 0 radical (unpaired) electrons. The highest BCUT2D eigenvalue weighted by Gasteiger charge is 2.47. The van der Waals surface area contributed by atoms with E-state index in [1.165, 1.54) is 18.2 Å². The predicted molar refractivity (Wildman–Crippen MR) is 82.1 cm³/mol. The lowest BCUT2D eigenvalue weighted by Gasteiger charge is -2.25. The molecular weight excluding hydrogens is 371 g/mol. The topological polar surface area (TPSA) is 26.8 Å². The van der Waals surface area contributed by atoms with Crippen molar-refractivity contribution in [2.45, 2.75) is 11.1 Å². The molecule has 1 saturated heterocycles. The van der Waals surface area contributed by atoms with E-state index in [-0.39, 0.29) is 10.9 Å². The number of rotatable bonds is 3. The van der Waals surface area contributed by atoms with Crippen molar-refractivity contribution in [3.8, 4) is 0 Å². The number of benzene rings is 1. The lowest BCUT2D eigenvalue weighted by Crippen LogP contribution is -2.43. The molecule has 10 heteroatoms. The Bertz CT molecular complexity index is 541. The molecule has 0 saturated carbocycles. The van der Waals surface area contributed by atoms with Gasteiger partial charge >= 0.3 is 6.03 Å². The third-order valence-corrected chi connectivity index (χ3v) is 3.63. The van der Waals surface area contributed by atoms with E-state index in [0.717, 1.165) is 15.3 Å². The Hall–Kier alpha value is -0.370. The minimum atomic E-state index is -1.30. The van der Waals surface area contributed by atoms with Crippen molar-refractivity contribution in [3.05, 3.63) is 28.2 Å². The van der Waals surface area contributed by atoms with Gasteiger partial charge in [0.15, 0.2) is 4.96 Å². The van der Waals surface area contributed by atoms with Gasteiger partial charge in [-0.05, 0) is 18.2 Å². The van der Waals surface area contributed by atoms with Crippen LogP contribution < -0.4 is 4.90 Å². The monoisotopic (exact) mass is 375 g/mol. The number of anilines is 1. The van der Waals surface area contributed by atoms with Gasteiger partial charge in [-0.3, -0.25) is 4.90 Å². The number of thiocarbonyl (C=S) groups is 1. The largest absolute Gasteiger partial charge is 0.370 e. The number of halogens is 5. The van der Waals surface area contributed by atoms with Crippen molar-refractivity contribution in [1.82, 2.24) is 10.2 Å². The molecule has 1 aliphatic heterocycles. The first kappa shape index (κ1) is 16.0. The van der Waals surface area contributed by atoms with Crippen molar-refractivity contribution >= 4 is 75.7 Å². The molecule has 1 fully saturated rings. The van der Waals surface area contributed by atoms with Crippen LogP contribution in [0.4, 0.5) is 15.0 Å². The van der Waals surface area contributed by atoms with Gasteiger partial charge in [-0.25, -0.2) is 4.79 Å². The molecule has 1 aliphatic rings. The molecule has 4 nitrogen and oxygen atoms in total. The Kier molecular flexibility index (Phi) is 4.94. The van der Waals surface area contributed by atoms with Crippen LogP contribution in [-0.4, -0.2) is 32.8 Å². The smallest absolute Gasteiger partial charge is 0.268 e. The zero-order valence-corrected chi connectivity index (χ0v) is 13.4. The number of nitrogens with zero attached hydrogens (tertiary/aromatic N) is 3. The molecular formula is C10H6Cl4FN3OS. The van der Waals surface area contributed by atoms with Crippen LogP contribution in [0.2, 0.25) is 10.0 Å². The second-order valence-electron chi connectivity index (χ2n) is 3.75. The Balaban J connectivity index is 2.49. The lowest BCUT2D eigenvalue weighted by molar-refractivity contribution is -0.0993. The molecule has 20 heavy (non-hydrogen) atoms. The molecule has 1 unspecified atom stereocenters. The SMILES string of the molecule is O=C1N(c2cc(Cl)cc(Cl)c2)C(C=S)N(C(Cl)Cl)N1F. The van der Waals surface area contributed by atoms with Crippen LogP contribution in [0.25, 0.3) is 0 Å². The van der Waals surface area contributed by atoms with Crippen LogP contribution in [-0.2, 0) is 0 Å². The fourth-order valence-electron chi connectivity index (χ4n) is 1.78. The van der Waals surface area contributed by atoms with Gasteiger partial charge in [0.2, 0.25) is 0 Å². The normalized spacial score (nSPS) is 20.1. The number of amides is 2. The fourth-order valence-corrected chi connectivity index (χ4v) is 2.92.